The van der Waals surface area contributed by atoms with Gasteiger partial charge >= 0.3 is 0 Å². The number of likely N-dealkylation sites (tertiary alicyclic amines) is 1. The van der Waals surface area contributed by atoms with Crippen molar-refractivity contribution in [1.29, 1.82) is 0 Å². The minimum absolute atomic E-state index is 0. The fourth-order valence-corrected chi connectivity index (χ4v) is 5.14. The summed E-state index contributed by atoms with van der Waals surface area (Å²) >= 11 is 0. The number of imide groups is 1. The quantitative estimate of drug-likeness (QED) is 0.459. The first-order valence-electron chi connectivity index (χ1n) is 10.6. The van der Waals surface area contributed by atoms with Gasteiger partial charge in [0.25, 0.3) is 0 Å². The second-order valence-corrected chi connectivity index (χ2v) is 8.92. The number of carbonyl (C=O) groups excluding carboxylic acids is 2. The van der Waals surface area contributed by atoms with Crippen LogP contribution in [0, 0.1) is 17.3 Å². The highest BCUT2D eigenvalue weighted by atomic mass is 35.5. The molecule has 2 unspecified atom stereocenters. The molecule has 1 saturated carbocycles. The van der Waals surface area contributed by atoms with Crippen molar-refractivity contribution in [3.63, 3.8) is 0 Å². The third-order valence-corrected chi connectivity index (χ3v) is 6.98. The summed E-state index contributed by atoms with van der Waals surface area (Å²) in [5.41, 5.74) is -0.160. The molecule has 2 amide bonds. The molecule has 2 bridgehead atoms. The van der Waals surface area contributed by atoms with E-state index in [1.165, 1.54) is 0 Å². The van der Waals surface area contributed by atoms with E-state index in [-0.39, 0.29) is 59.4 Å². The van der Waals surface area contributed by atoms with Crippen molar-refractivity contribution in [3.05, 3.63) is 18.5 Å². The van der Waals surface area contributed by atoms with Crippen LogP contribution < -0.4 is 4.90 Å². The number of anilines is 1. The molecule has 3 aliphatic rings. The maximum Gasteiger partial charge on any atom is 0.232 e. The van der Waals surface area contributed by atoms with Crippen LogP contribution in [0.5, 0.6) is 0 Å². The summed E-state index contributed by atoms with van der Waals surface area (Å²) in [5, 5.41) is 0. The molecular weight excluding hydrogens is 441 g/mol. The lowest BCUT2D eigenvalue weighted by Crippen LogP contribution is -2.54. The highest BCUT2D eigenvalue weighted by Crippen LogP contribution is 2.52. The molecular formula is C21H35Cl2N5O3. The van der Waals surface area contributed by atoms with E-state index >= 15 is 0 Å². The maximum absolute atomic E-state index is 12.8. The highest BCUT2D eigenvalue weighted by Gasteiger charge is 2.56. The summed E-state index contributed by atoms with van der Waals surface area (Å²) in [6, 6.07) is 1.84. The van der Waals surface area contributed by atoms with Gasteiger partial charge in [-0.05, 0) is 43.7 Å². The van der Waals surface area contributed by atoms with Gasteiger partial charge in [-0.25, -0.2) is 9.97 Å². The highest BCUT2D eigenvalue weighted by molar-refractivity contribution is 6.01. The normalized spacial score (nSPS) is 24.8. The first kappa shape index (κ1) is 27.6. The number of hydrogen-bond donors (Lipinski definition) is 0. The number of piperidine rings is 1. The Morgan fingerprint density at radius 3 is 1.97 bits per heavy atom. The number of rotatable bonds is 6. The van der Waals surface area contributed by atoms with Gasteiger partial charge in [0.2, 0.25) is 17.8 Å². The molecule has 2 atom stereocenters. The number of hydrogen-bond acceptors (Lipinski definition) is 6. The number of aromatic nitrogens is 2. The van der Waals surface area contributed by atoms with Crippen LogP contribution in [0.3, 0.4) is 0 Å². The van der Waals surface area contributed by atoms with Crippen molar-refractivity contribution >= 4 is 42.6 Å². The molecule has 1 aromatic heterocycles. The monoisotopic (exact) mass is 475 g/mol. The number of fused-ring (bicyclic) bond motifs is 2. The first-order valence-corrected chi connectivity index (χ1v) is 10.6. The number of carbonyl (C=O) groups is 2. The standard InChI is InChI=1S/C21H31N5O2.2ClH.H2O/c1-21(2)16-6-7-17(21)19(28)26(18(16)27)11-4-3-10-24-12-14-25(15-13-24)20-22-8-5-9-23-20;;;/h5,8-9,16-17H,3-4,6-7,10-15H2,1-2H3;2*1H;1H2. The average molecular weight is 476 g/mol. The minimum atomic E-state index is -0.160. The van der Waals surface area contributed by atoms with Crippen molar-refractivity contribution < 1.29 is 15.1 Å². The lowest BCUT2D eigenvalue weighted by Gasteiger charge is -2.41. The van der Waals surface area contributed by atoms with Crippen molar-refractivity contribution in [2.24, 2.45) is 17.3 Å². The van der Waals surface area contributed by atoms with E-state index < -0.39 is 0 Å². The smallest absolute Gasteiger partial charge is 0.232 e. The molecule has 8 nitrogen and oxygen atoms in total. The summed E-state index contributed by atoms with van der Waals surface area (Å²) in [6.45, 7) is 9.63. The predicted octanol–water partition coefficient (Wildman–Crippen LogP) is 1.82. The number of piperazine rings is 1. The van der Waals surface area contributed by atoms with Crippen LogP contribution in [-0.4, -0.2) is 76.3 Å². The van der Waals surface area contributed by atoms with Crippen LogP contribution in [0.4, 0.5) is 5.95 Å². The largest absolute Gasteiger partial charge is 0.412 e. The SMILES string of the molecule is CC1(C)C2CCC1C(=O)N(CCCCN1CCN(c3ncccn3)CC1)C2=O.Cl.Cl.O. The van der Waals surface area contributed by atoms with Gasteiger partial charge in [0.15, 0.2) is 0 Å². The van der Waals surface area contributed by atoms with Gasteiger partial charge in [-0.1, -0.05) is 13.8 Å². The zero-order chi connectivity index (χ0) is 19.7. The van der Waals surface area contributed by atoms with Gasteiger partial charge in [-0.3, -0.25) is 19.4 Å². The summed E-state index contributed by atoms with van der Waals surface area (Å²) in [5.74, 6) is 1.01. The summed E-state index contributed by atoms with van der Waals surface area (Å²) in [7, 11) is 0. The number of nitrogens with zero attached hydrogens (tertiary/aromatic N) is 5. The molecule has 0 radical (unpaired) electrons. The third kappa shape index (κ3) is 5.48. The van der Waals surface area contributed by atoms with Crippen LogP contribution in [-0.2, 0) is 9.59 Å². The summed E-state index contributed by atoms with van der Waals surface area (Å²) in [6.07, 6.45) is 7.20. The van der Waals surface area contributed by atoms with Crippen LogP contribution in [0.25, 0.3) is 0 Å². The fraction of sp³-hybridized carbons (Fsp3) is 0.714. The van der Waals surface area contributed by atoms with E-state index in [0.717, 1.165) is 64.4 Å². The molecule has 1 aliphatic carbocycles. The van der Waals surface area contributed by atoms with Crippen molar-refractivity contribution in [1.82, 2.24) is 19.8 Å². The molecule has 0 spiro atoms. The molecule has 2 aliphatic heterocycles. The fourth-order valence-electron chi connectivity index (χ4n) is 5.14. The lowest BCUT2D eigenvalue weighted by atomic mass is 9.71. The minimum Gasteiger partial charge on any atom is -0.412 e. The van der Waals surface area contributed by atoms with Crippen molar-refractivity contribution in [2.45, 2.75) is 39.5 Å². The molecule has 10 heteroatoms. The average Bonchev–Trinajstić information content (AvgIpc) is 2.95. The second kappa shape index (κ2) is 11.4. The molecule has 0 aromatic carbocycles. The van der Waals surface area contributed by atoms with Gasteiger partial charge in [0.05, 0.1) is 0 Å². The van der Waals surface area contributed by atoms with Gasteiger partial charge in [-0.15, -0.1) is 24.8 Å². The van der Waals surface area contributed by atoms with Gasteiger partial charge in [-0.2, -0.15) is 0 Å². The Labute approximate surface area is 196 Å². The van der Waals surface area contributed by atoms with E-state index in [1.54, 1.807) is 17.3 Å². The van der Waals surface area contributed by atoms with E-state index in [1.807, 2.05) is 6.07 Å². The second-order valence-electron chi connectivity index (χ2n) is 8.92. The number of unbranched alkanes of at least 4 members (excludes halogenated alkanes) is 1. The Kier molecular flexibility index (Phi) is 10.1. The maximum atomic E-state index is 12.8. The van der Waals surface area contributed by atoms with E-state index in [2.05, 4.69) is 33.6 Å². The Balaban J connectivity index is 0.00000160. The zero-order valence-corrected chi connectivity index (χ0v) is 20.0. The molecule has 2 N–H and O–H groups in total. The van der Waals surface area contributed by atoms with E-state index in [4.69, 9.17) is 0 Å². The van der Waals surface area contributed by atoms with Gasteiger partial charge < -0.3 is 10.4 Å². The number of amides is 2. The Morgan fingerprint density at radius 1 is 0.903 bits per heavy atom. The van der Waals surface area contributed by atoms with Crippen LogP contribution in [0.2, 0.25) is 0 Å². The molecule has 176 valence electrons. The van der Waals surface area contributed by atoms with E-state index in [0.29, 0.717) is 6.54 Å². The molecule has 3 heterocycles. The van der Waals surface area contributed by atoms with Gasteiger partial charge in [0.1, 0.15) is 0 Å². The zero-order valence-electron chi connectivity index (χ0n) is 18.3. The lowest BCUT2D eigenvalue weighted by molar-refractivity contribution is -0.160. The first-order chi connectivity index (χ1) is 13.5. The molecule has 4 rings (SSSR count). The topological polar surface area (TPSA) is 101 Å². The van der Waals surface area contributed by atoms with Gasteiger partial charge in [0, 0.05) is 57.0 Å². The van der Waals surface area contributed by atoms with Crippen molar-refractivity contribution in [3.8, 4) is 0 Å². The van der Waals surface area contributed by atoms with Crippen molar-refractivity contribution in [2.75, 3.05) is 44.2 Å². The van der Waals surface area contributed by atoms with Crippen LogP contribution in [0.1, 0.15) is 39.5 Å². The Hall–Kier alpha value is -1.48. The predicted molar refractivity (Wildman–Crippen MR) is 125 cm³/mol. The number of halogens is 2. The summed E-state index contributed by atoms with van der Waals surface area (Å²) in [4.78, 5) is 40.4. The van der Waals surface area contributed by atoms with Crippen LogP contribution >= 0.6 is 24.8 Å². The molecule has 1 aromatic rings. The molecule has 31 heavy (non-hydrogen) atoms. The third-order valence-electron chi connectivity index (χ3n) is 6.98. The Morgan fingerprint density at radius 2 is 1.42 bits per heavy atom. The Bertz CT molecular complexity index is 703. The van der Waals surface area contributed by atoms with Crippen LogP contribution in [0.15, 0.2) is 18.5 Å². The molecule has 3 fully saturated rings. The van der Waals surface area contributed by atoms with E-state index in [9.17, 15) is 9.59 Å². The molecule has 2 saturated heterocycles. The summed E-state index contributed by atoms with van der Waals surface area (Å²) < 4.78 is 0.